The van der Waals surface area contributed by atoms with E-state index >= 15 is 0 Å². The van der Waals surface area contributed by atoms with Crippen LogP contribution >= 0.6 is 0 Å². The number of unbranched alkanes of at least 4 members (excludes halogenated alkanes) is 1. The molecule has 2 amide bonds. The number of ether oxygens (including phenoxy) is 1. The van der Waals surface area contributed by atoms with Crippen LogP contribution < -0.4 is 10.6 Å². The average molecular weight is 519 g/mol. The van der Waals surface area contributed by atoms with E-state index < -0.39 is 31.1 Å². The number of hydrogen-bond donors (Lipinski definition) is 5. The molecular weight excluding hydrogens is 472 g/mol. The number of rotatable bonds is 18. The largest absolute Gasteiger partial charge is 0.394 e. The van der Waals surface area contributed by atoms with Gasteiger partial charge in [0.1, 0.15) is 6.10 Å². The summed E-state index contributed by atoms with van der Waals surface area (Å²) in [5.74, 6) is -0.469. The van der Waals surface area contributed by atoms with Gasteiger partial charge in [-0.1, -0.05) is 67.7 Å². The van der Waals surface area contributed by atoms with Crippen LogP contribution in [-0.2, 0) is 14.3 Å². The molecule has 3 unspecified atom stereocenters. The van der Waals surface area contributed by atoms with E-state index in [9.17, 15) is 19.8 Å². The Kier molecular flexibility index (Phi) is 18.9. The maximum Gasteiger partial charge on any atom is 0.222 e. The molecule has 4 atom stereocenters. The number of hydrogen-bond acceptors (Lipinski definition) is 6. The third kappa shape index (κ3) is 16.8. The van der Waals surface area contributed by atoms with Gasteiger partial charge in [-0.05, 0) is 44.9 Å². The molecule has 8 heteroatoms. The van der Waals surface area contributed by atoms with Gasteiger partial charge >= 0.3 is 0 Å². The van der Waals surface area contributed by atoms with Crippen LogP contribution in [0.4, 0.5) is 0 Å². The summed E-state index contributed by atoms with van der Waals surface area (Å²) in [4.78, 5) is 24.0. The number of carbonyl (C=O) groups is 2. The lowest BCUT2D eigenvalue weighted by molar-refractivity contribution is -0.221. The average Bonchev–Trinajstić information content (AvgIpc) is 2.87. The molecule has 1 aliphatic rings. The number of aliphatic hydroxyl groups is 3. The molecule has 5 N–H and O–H groups in total. The third-order valence-electron chi connectivity index (χ3n) is 5.72. The fraction of sp³-hybridized carbons (Fsp3) is 0.586. The van der Waals surface area contributed by atoms with E-state index in [1.54, 1.807) is 0 Å². The van der Waals surface area contributed by atoms with Crippen molar-refractivity contribution >= 4 is 11.8 Å². The molecule has 0 aliphatic carbocycles. The summed E-state index contributed by atoms with van der Waals surface area (Å²) in [6.07, 6.45) is 25.3. The Balaban J connectivity index is 2.02. The molecule has 0 aromatic rings. The topological polar surface area (TPSA) is 128 Å². The molecule has 1 rings (SSSR count). The molecular formula is C29H46N2O6. The Morgan fingerprint density at radius 2 is 1.41 bits per heavy atom. The van der Waals surface area contributed by atoms with Crippen LogP contribution in [0.2, 0.25) is 0 Å². The van der Waals surface area contributed by atoms with Crippen molar-refractivity contribution < 1.29 is 29.6 Å². The second-order valence-corrected chi connectivity index (χ2v) is 8.92. The minimum atomic E-state index is -1.30. The van der Waals surface area contributed by atoms with Crippen LogP contribution in [0.25, 0.3) is 0 Å². The quantitative estimate of drug-likeness (QED) is 0.140. The first-order valence-electron chi connectivity index (χ1n) is 13.4. The summed E-state index contributed by atoms with van der Waals surface area (Å²) in [6, 6.07) is -0.760. The third-order valence-corrected chi connectivity index (χ3v) is 5.72. The number of nitrogens with one attached hydrogen (secondary N) is 2. The zero-order valence-corrected chi connectivity index (χ0v) is 22.1. The molecule has 1 fully saturated rings. The molecule has 1 heterocycles. The standard InChI is InChI=1S/C29H46N2O6/c1-2-3-4-5-6-7-8-9-10-11-12-13-14-15-16-17-18-19-27(34)30-21-20-28(35)31-24-22-25(33)26(23-32)37-29(24)36/h3-4,6-7,9-10,12-13,15-16,24-26,29,32-33,36H,2,5,8,11,14,17-23H2,1H3,(H,30,34)(H,31,35)/b4-3-,7-6-,10-9-,13-12-,16-15-/t24-,25?,26?,29?/m0/s1. The van der Waals surface area contributed by atoms with Gasteiger partial charge in [0.2, 0.25) is 11.8 Å². The molecule has 0 aromatic carbocycles. The van der Waals surface area contributed by atoms with Crippen molar-refractivity contribution in [3.8, 4) is 0 Å². The monoisotopic (exact) mass is 518 g/mol. The Morgan fingerprint density at radius 1 is 0.838 bits per heavy atom. The van der Waals surface area contributed by atoms with Crippen molar-refractivity contribution in [1.82, 2.24) is 10.6 Å². The number of carbonyl (C=O) groups excluding carboxylic acids is 2. The molecule has 1 saturated heterocycles. The molecule has 208 valence electrons. The smallest absolute Gasteiger partial charge is 0.222 e. The van der Waals surface area contributed by atoms with Crippen molar-refractivity contribution in [2.75, 3.05) is 13.2 Å². The Bertz CT molecular complexity index is 774. The van der Waals surface area contributed by atoms with Gasteiger partial charge in [-0.3, -0.25) is 9.59 Å². The van der Waals surface area contributed by atoms with E-state index in [1.807, 2.05) is 0 Å². The van der Waals surface area contributed by atoms with Gasteiger partial charge < -0.3 is 30.7 Å². The van der Waals surface area contributed by atoms with Crippen molar-refractivity contribution in [2.24, 2.45) is 0 Å². The van der Waals surface area contributed by atoms with Crippen molar-refractivity contribution in [1.29, 1.82) is 0 Å². The maximum atomic E-state index is 12.0. The van der Waals surface area contributed by atoms with Crippen molar-refractivity contribution in [2.45, 2.75) is 95.7 Å². The minimum absolute atomic E-state index is 0.0588. The summed E-state index contributed by atoms with van der Waals surface area (Å²) in [5.41, 5.74) is 0. The number of aliphatic hydroxyl groups excluding tert-OH is 3. The molecule has 0 spiro atoms. The maximum absolute atomic E-state index is 12.0. The van der Waals surface area contributed by atoms with Crippen LogP contribution in [0.3, 0.4) is 0 Å². The fourth-order valence-corrected chi connectivity index (χ4v) is 3.62. The lowest BCUT2D eigenvalue weighted by atomic mass is 10.0. The van der Waals surface area contributed by atoms with E-state index in [1.165, 1.54) is 0 Å². The molecule has 0 aromatic heterocycles. The highest BCUT2D eigenvalue weighted by Crippen LogP contribution is 2.18. The summed E-state index contributed by atoms with van der Waals surface area (Å²) >= 11 is 0. The highest BCUT2D eigenvalue weighted by atomic mass is 16.6. The lowest BCUT2D eigenvalue weighted by Gasteiger charge is -2.36. The first-order valence-corrected chi connectivity index (χ1v) is 13.4. The lowest BCUT2D eigenvalue weighted by Crippen LogP contribution is -2.55. The molecule has 0 bridgehead atoms. The van der Waals surface area contributed by atoms with Gasteiger partial charge in [0, 0.05) is 25.8 Å². The van der Waals surface area contributed by atoms with Gasteiger partial charge in [0.15, 0.2) is 6.29 Å². The first kappa shape index (κ1) is 32.5. The number of allylic oxidation sites excluding steroid dienone is 10. The SMILES string of the molecule is CC/C=C\C/C=C\C/C=C\C/C=C\C/C=C\CCCC(=O)NCCC(=O)N[C@H]1CC(O)C(CO)OC1O. The van der Waals surface area contributed by atoms with Crippen molar-refractivity contribution in [3.05, 3.63) is 60.8 Å². The zero-order chi connectivity index (χ0) is 27.1. The van der Waals surface area contributed by atoms with Crippen LogP contribution in [0.15, 0.2) is 60.8 Å². The zero-order valence-electron chi connectivity index (χ0n) is 22.1. The molecule has 0 radical (unpaired) electrons. The fourth-order valence-electron chi connectivity index (χ4n) is 3.62. The second-order valence-electron chi connectivity index (χ2n) is 8.92. The van der Waals surface area contributed by atoms with Crippen LogP contribution in [0, 0.1) is 0 Å². The van der Waals surface area contributed by atoms with Gasteiger partial charge in [-0.25, -0.2) is 0 Å². The summed E-state index contributed by atoms with van der Waals surface area (Å²) < 4.78 is 5.08. The molecule has 8 nitrogen and oxygen atoms in total. The van der Waals surface area contributed by atoms with Crippen LogP contribution in [-0.4, -0.2) is 64.8 Å². The van der Waals surface area contributed by atoms with E-state index in [-0.39, 0.29) is 31.2 Å². The Labute approximate surface area is 221 Å². The van der Waals surface area contributed by atoms with Gasteiger partial charge in [-0.15, -0.1) is 0 Å². The van der Waals surface area contributed by atoms with E-state index in [0.29, 0.717) is 6.42 Å². The predicted octanol–water partition coefficient (Wildman–Crippen LogP) is 3.36. The van der Waals surface area contributed by atoms with E-state index in [2.05, 4.69) is 78.3 Å². The number of amides is 2. The second kappa shape index (κ2) is 21.6. The summed E-state index contributed by atoms with van der Waals surface area (Å²) in [7, 11) is 0. The van der Waals surface area contributed by atoms with E-state index in [4.69, 9.17) is 9.84 Å². The Morgan fingerprint density at radius 3 is 1.97 bits per heavy atom. The van der Waals surface area contributed by atoms with Gasteiger partial charge in [0.25, 0.3) is 0 Å². The predicted molar refractivity (Wildman–Crippen MR) is 146 cm³/mol. The highest BCUT2D eigenvalue weighted by Gasteiger charge is 2.36. The Hall–Kier alpha value is -2.52. The molecule has 0 saturated carbocycles. The normalized spacial score (nSPS) is 22.7. The van der Waals surface area contributed by atoms with E-state index in [0.717, 1.165) is 44.9 Å². The summed E-state index contributed by atoms with van der Waals surface area (Å²) in [5, 5.41) is 34.1. The van der Waals surface area contributed by atoms with Crippen LogP contribution in [0.1, 0.15) is 71.1 Å². The van der Waals surface area contributed by atoms with Crippen molar-refractivity contribution in [3.63, 3.8) is 0 Å². The van der Waals surface area contributed by atoms with Crippen LogP contribution in [0.5, 0.6) is 0 Å². The van der Waals surface area contributed by atoms with Gasteiger partial charge in [0.05, 0.1) is 18.8 Å². The molecule has 1 aliphatic heterocycles. The minimum Gasteiger partial charge on any atom is -0.394 e. The molecule has 37 heavy (non-hydrogen) atoms. The van der Waals surface area contributed by atoms with Gasteiger partial charge in [-0.2, -0.15) is 0 Å². The highest BCUT2D eigenvalue weighted by molar-refractivity contribution is 5.79. The first-order chi connectivity index (χ1) is 18.0. The summed E-state index contributed by atoms with van der Waals surface area (Å²) in [6.45, 7) is 1.92.